The second kappa shape index (κ2) is 12.3. The number of H-pyrrole nitrogens is 2. The number of rotatable bonds is 11. The van der Waals surface area contributed by atoms with Crippen LogP contribution in [0.25, 0.3) is 44.5 Å². The summed E-state index contributed by atoms with van der Waals surface area (Å²) >= 11 is 1.81. The van der Waals surface area contributed by atoms with E-state index in [0.717, 1.165) is 68.1 Å². The average molecular weight is 540 g/mol. The third-order valence-corrected chi connectivity index (χ3v) is 7.15. The molecule has 0 amide bonds. The molecule has 3 N–H and O–H groups in total. The number of nitrogens with zero attached hydrogens (tertiary/aromatic N) is 4. The standard InChI is InChI=1S/C31H37N7S/c1-9-22(13-23(10-2)33-21(6)17-38(7)8)26-11-12-27-30(35-26)31(37-36-27)28-14-24-25(15-32-16-29(24)34-28)20(5)18-39-19(3)4/h9-16,18-19,33-34H,2,6,17H2,1,3-5,7-8H3,(H,36,37)/b20-18+,22-9+,23-13+. The van der Waals surface area contributed by atoms with Crippen molar-refractivity contribution in [1.82, 2.24) is 35.4 Å². The molecule has 0 aliphatic rings. The summed E-state index contributed by atoms with van der Waals surface area (Å²) in [4.78, 5) is 15.1. The van der Waals surface area contributed by atoms with Gasteiger partial charge in [-0.2, -0.15) is 5.10 Å². The van der Waals surface area contributed by atoms with E-state index in [9.17, 15) is 0 Å². The Bertz CT molecular complexity index is 1600. The number of likely N-dealkylation sites (N-methyl/N-ethyl adjacent to an activating group) is 1. The van der Waals surface area contributed by atoms with E-state index < -0.39 is 0 Å². The minimum absolute atomic E-state index is 0.525. The van der Waals surface area contributed by atoms with E-state index in [2.05, 4.69) is 75.8 Å². The Hall–Kier alpha value is -3.88. The van der Waals surface area contributed by atoms with Gasteiger partial charge < -0.3 is 15.2 Å². The predicted octanol–water partition coefficient (Wildman–Crippen LogP) is 7.14. The summed E-state index contributed by atoms with van der Waals surface area (Å²) in [6.07, 6.45) is 9.65. The lowest BCUT2D eigenvalue weighted by Crippen LogP contribution is -2.23. The van der Waals surface area contributed by atoms with Crippen LogP contribution in [0, 0.1) is 0 Å². The summed E-state index contributed by atoms with van der Waals surface area (Å²) in [7, 11) is 4.02. The van der Waals surface area contributed by atoms with Crippen LogP contribution in [0.4, 0.5) is 0 Å². The maximum Gasteiger partial charge on any atom is 0.135 e. The van der Waals surface area contributed by atoms with Crippen LogP contribution in [-0.4, -0.2) is 55.9 Å². The maximum absolute atomic E-state index is 5.02. The highest BCUT2D eigenvalue weighted by Gasteiger charge is 2.16. The number of allylic oxidation sites excluding steroid dienone is 5. The fourth-order valence-corrected chi connectivity index (χ4v) is 4.89. The largest absolute Gasteiger partial charge is 0.358 e. The van der Waals surface area contributed by atoms with Crippen molar-refractivity contribution in [2.45, 2.75) is 32.9 Å². The zero-order chi connectivity index (χ0) is 28.1. The first-order valence-corrected chi connectivity index (χ1v) is 13.9. The number of nitrogens with one attached hydrogen (secondary N) is 3. The van der Waals surface area contributed by atoms with Crippen molar-refractivity contribution in [2.75, 3.05) is 20.6 Å². The highest BCUT2D eigenvalue weighted by molar-refractivity contribution is 8.02. The first kappa shape index (κ1) is 28.1. The number of hydrogen-bond acceptors (Lipinski definition) is 6. The summed E-state index contributed by atoms with van der Waals surface area (Å²) < 4.78 is 0. The summed E-state index contributed by atoms with van der Waals surface area (Å²) in [6, 6.07) is 6.16. The van der Waals surface area contributed by atoms with Gasteiger partial charge in [0.15, 0.2) is 0 Å². The van der Waals surface area contributed by atoms with Gasteiger partial charge in [-0.05, 0) is 74.8 Å². The lowest BCUT2D eigenvalue weighted by Gasteiger charge is -2.15. The molecule has 0 aliphatic carbocycles. The topological polar surface area (TPSA) is 85.5 Å². The van der Waals surface area contributed by atoms with Gasteiger partial charge in [0.25, 0.3) is 0 Å². The predicted molar refractivity (Wildman–Crippen MR) is 168 cm³/mol. The molecule has 202 valence electrons. The summed E-state index contributed by atoms with van der Waals surface area (Å²) in [5, 5.41) is 15.0. The van der Waals surface area contributed by atoms with Crippen LogP contribution in [-0.2, 0) is 0 Å². The van der Waals surface area contributed by atoms with Gasteiger partial charge in [-0.15, -0.1) is 11.8 Å². The number of aromatic amines is 2. The van der Waals surface area contributed by atoms with Crippen molar-refractivity contribution in [3.63, 3.8) is 0 Å². The summed E-state index contributed by atoms with van der Waals surface area (Å²) in [5.41, 5.74) is 10.2. The first-order valence-electron chi connectivity index (χ1n) is 12.9. The van der Waals surface area contributed by atoms with E-state index in [-0.39, 0.29) is 0 Å². The number of pyridine rings is 2. The third-order valence-electron chi connectivity index (χ3n) is 6.12. The molecule has 4 heterocycles. The fourth-order valence-electron chi connectivity index (χ4n) is 4.29. The zero-order valence-electron chi connectivity index (χ0n) is 23.6. The Labute approximate surface area is 234 Å². The van der Waals surface area contributed by atoms with Crippen LogP contribution < -0.4 is 5.32 Å². The van der Waals surface area contributed by atoms with E-state index in [0.29, 0.717) is 5.25 Å². The molecular formula is C31H37N7S. The molecule has 0 spiro atoms. The number of aromatic nitrogens is 5. The molecule has 39 heavy (non-hydrogen) atoms. The number of hydrogen-bond donors (Lipinski definition) is 3. The molecule has 0 atom stereocenters. The van der Waals surface area contributed by atoms with Crippen LogP contribution >= 0.6 is 11.8 Å². The lowest BCUT2D eigenvalue weighted by molar-refractivity contribution is 0.438. The summed E-state index contributed by atoms with van der Waals surface area (Å²) in [6.45, 7) is 17.3. The minimum atomic E-state index is 0.525. The molecule has 0 bridgehead atoms. The highest BCUT2D eigenvalue weighted by atomic mass is 32.2. The highest BCUT2D eigenvalue weighted by Crippen LogP contribution is 2.32. The molecular weight excluding hydrogens is 502 g/mol. The second-order valence-electron chi connectivity index (χ2n) is 10.00. The molecule has 4 aromatic rings. The Morgan fingerprint density at radius 1 is 1.21 bits per heavy atom. The Balaban J connectivity index is 1.71. The van der Waals surface area contributed by atoms with Crippen LogP contribution in [0.1, 0.15) is 39.0 Å². The maximum atomic E-state index is 5.02. The van der Waals surface area contributed by atoms with Gasteiger partial charge in [0.05, 0.1) is 28.6 Å². The molecule has 8 heteroatoms. The Kier molecular flexibility index (Phi) is 8.89. The molecule has 0 radical (unpaired) electrons. The fraction of sp³-hybridized carbons (Fsp3) is 0.258. The molecule has 4 rings (SSSR count). The molecule has 0 aliphatic heterocycles. The van der Waals surface area contributed by atoms with E-state index >= 15 is 0 Å². The van der Waals surface area contributed by atoms with E-state index in [1.807, 2.05) is 69.5 Å². The van der Waals surface area contributed by atoms with Crippen molar-refractivity contribution < 1.29 is 0 Å². The quantitative estimate of drug-likeness (QED) is 0.176. The van der Waals surface area contributed by atoms with Gasteiger partial charge in [0.2, 0.25) is 0 Å². The SMILES string of the molecule is C=C/C(=C\C(=C/C)c1ccc2[nH]nc(-c3cc4c(/C(C)=C/SC(C)C)cncc4[nH]3)c2n1)NC(=C)CN(C)C. The molecule has 0 saturated heterocycles. The van der Waals surface area contributed by atoms with Crippen molar-refractivity contribution in [1.29, 1.82) is 0 Å². The van der Waals surface area contributed by atoms with Gasteiger partial charge in [-0.1, -0.05) is 33.1 Å². The number of fused-ring (bicyclic) bond motifs is 2. The lowest BCUT2D eigenvalue weighted by atomic mass is 10.1. The van der Waals surface area contributed by atoms with Gasteiger partial charge in [-0.3, -0.25) is 10.1 Å². The molecule has 0 fully saturated rings. The van der Waals surface area contributed by atoms with Crippen molar-refractivity contribution in [3.05, 3.63) is 90.0 Å². The molecule has 0 saturated carbocycles. The van der Waals surface area contributed by atoms with Crippen LogP contribution in [0.5, 0.6) is 0 Å². The van der Waals surface area contributed by atoms with Crippen molar-refractivity contribution >= 4 is 44.8 Å². The molecule has 0 aromatic carbocycles. The van der Waals surface area contributed by atoms with Gasteiger partial charge in [0, 0.05) is 40.3 Å². The number of thioether (sulfide) groups is 1. The molecule has 4 aromatic heterocycles. The van der Waals surface area contributed by atoms with Crippen LogP contribution in [0.15, 0.2) is 78.8 Å². The first-order chi connectivity index (χ1) is 18.7. The van der Waals surface area contributed by atoms with E-state index in [1.165, 1.54) is 5.57 Å². The molecule has 7 nitrogen and oxygen atoms in total. The van der Waals surface area contributed by atoms with Crippen molar-refractivity contribution in [3.8, 4) is 11.4 Å². The van der Waals surface area contributed by atoms with Crippen LogP contribution in [0.3, 0.4) is 0 Å². The monoisotopic (exact) mass is 539 g/mol. The van der Waals surface area contributed by atoms with Gasteiger partial charge >= 0.3 is 0 Å². The Morgan fingerprint density at radius 3 is 2.69 bits per heavy atom. The smallest absolute Gasteiger partial charge is 0.135 e. The normalized spacial score (nSPS) is 13.2. The van der Waals surface area contributed by atoms with Crippen LogP contribution in [0.2, 0.25) is 0 Å². The molecule has 0 unspecified atom stereocenters. The van der Waals surface area contributed by atoms with E-state index in [4.69, 9.17) is 4.98 Å². The average Bonchev–Trinajstić information content (AvgIpc) is 3.52. The Morgan fingerprint density at radius 2 is 2.00 bits per heavy atom. The van der Waals surface area contributed by atoms with E-state index in [1.54, 1.807) is 6.08 Å². The minimum Gasteiger partial charge on any atom is -0.358 e. The van der Waals surface area contributed by atoms with Crippen molar-refractivity contribution in [2.24, 2.45) is 0 Å². The third kappa shape index (κ3) is 6.58. The zero-order valence-corrected chi connectivity index (χ0v) is 24.4. The van der Waals surface area contributed by atoms with Gasteiger partial charge in [-0.25, -0.2) is 4.98 Å². The second-order valence-corrected chi connectivity index (χ2v) is 11.4. The summed E-state index contributed by atoms with van der Waals surface area (Å²) in [5.74, 6) is 0. The van der Waals surface area contributed by atoms with Gasteiger partial charge in [0.1, 0.15) is 11.2 Å².